The highest BCUT2D eigenvalue weighted by Gasteiger charge is 2.23. The van der Waals surface area contributed by atoms with Crippen molar-refractivity contribution in [2.45, 2.75) is 18.7 Å². The van der Waals surface area contributed by atoms with E-state index in [9.17, 15) is 13.2 Å². The normalized spacial score (nSPS) is 13.8. The van der Waals surface area contributed by atoms with Crippen LogP contribution in [0.3, 0.4) is 0 Å². The summed E-state index contributed by atoms with van der Waals surface area (Å²) in [7, 11) is -3.82. The molecule has 1 amide bonds. The first-order valence-corrected chi connectivity index (χ1v) is 11.1. The molecule has 2 heterocycles. The summed E-state index contributed by atoms with van der Waals surface area (Å²) < 4.78 is 27.7. The molecule has 3 aromatic rings. The first-order chi connectivity index (χ1) is 14.8. The van der Waals surface area contributed by atoms with E-state index in [-0.39, 0.29) is 16.8 Å². The van der Waals surface area contributed by atoms with E-state index >= 15 is 0 Å². The summed E-state index contributed by atoms with van der Waals surface area (Å²) in [4.78, 5) is 22.3. The SMILES string of the molecule is Cc1cc(C)nc(NS(=O)(=O)c2ccc(NC3=CC(=O)N(c4ccccc4)C3)cc2)n1. The van der Waals surface area contributed by atoms with Crippen molar-refractivity contribution in [2.24, 2.45) is 0 Å². The minimum atomic E-state index is -3.82. The Hall–Kier alpha value is -3.72. The van der Waals surface area contributed by atoms with Crippen LogP contribution in [0.2, 0.25) is 0 Å². The summed E-state index contributed by atoms with van der Waals surface area (Å²) in [6.45, 7) is 3.96. The van der Waals surface area contributed by atoms with E-state index < -0.39 is 10.0 Å². The van der Waals surface area contributed by atoms with Gasteiger partial charge in [0, 0.05) is 34.5 Å². The second kappa shape index (κ2) is 8.19. The molecule has 0 spiro atoms. The average Bonchev–Trinajstić information content (AvgIpc) is 3.08. The van der Waals surface area contributed by atoms with Gasteiger partial charge in [0.05, 0.1) is 11.4 Å². The summed E-state index contributed by atoms with van der Waals surface area (Å²) >= 11 is 0. The Kier molecular flexibility index (Phi) is 5.43. The van der Waals surface area contributed by atoms with Crippen LogP contribution in [-0.4, -0.2) is 30.8 Å². The monoisotopic (exact) mass is 435 g/mol. The number of rotatable bonds is 6. The molecule has 158 valence electrons. The molecule has 2 aromatic carbocycles. The van der Waals surface area contributed by atoms with Gasteiger partial charge in [0.2, 0.25) is 5.95 Å². The van der Waals surface area contributed by atoms with Gasteiger partial charge in [-0.25, -0.2) is 23.1 Å². The Morgan fingerprint density at radius 3 is 2.23 bits per heavy atom. The molecule has 0 bridgehead atoms. The minimum Gasteiger partial charge on any atom is -0.357 e. The molecule has 31 heavy (non-hydrogen) atoms. The lowest BCUT2D eigenvalue weighted by Crippen LogP contribution is -2.25. The van der Waals surface area contributed by atoms with Crippen LogP contribution in [0.25, 0.3) is 0 Å². The summed E-state index contributed by atoms with van der Waals surface area (Å²) in [6, 6.07) is 17.4. The van der Waals surface area contributed by atoms with E-state index in [4.69, 9.17) is 0 Å². The van der Waals surface area contributed by atoms with Crippen LogP contribution < -0.4 is 14.9 Å². The van der Waals surface area contributed by atoms with Gasteiger partial charge in [-0.1, -0.05) is 18.2 Å². The van der Waals surface area contributed by atoms with Gasteiger partial charge < -0.3 is 10.2 Å². The lowest BCUT2D eigenvalue weighted by atomic mass is 10.3. The first kappa shape index (κ1) is 20.5. The van der Waals surface area contributed by atoms with Crippen molar-refractivity contribution in [3.05, 3.63) is 83.8 Å². The zero-order valence-electron chi connectivity index (χ0n) is 17.0. The second-order valence-corrected chi connectivity index (χ2v) is 8.84. The fraction of sp³-hybridized carbons (Fsp3) is 0.136. The lowest BCUT2D eigenvalue weighted by Gasteiger charge is -2.17. The zero-order chi connectivity index (χ0) is 22.0. The van der Waals surface area contributed by atoms with E-state index in [0.29, 0.717) is 23.6 Å². The fourth-order valence-electron chi connectivity index (χ4n) is 3.28. The molecule has 9 heteroatoms. The molecule has 0 radical (unpaired) electrons. The van der Waals surface area contributed by atoms with Crippen molar-refractivity contribution >= 4 is 33.3 Å². The number of carbonyl (C=O) groups is 1. The molecule has 0 fully saturated rings. The average molecular weight is 436 g/mol. The molecule has 0 saturated heterocycles. The van der Waals surface area contributed by atoms with Crippen molar-refractivity contribution in [3.8, 4) is 0 Å². The van der Waals surface area contributed by atoms with E-state index in [1.807, 2.05) is 30.3 Å². The molecular formula is C22H21N5O3S. The molecule has 1 aliphatic rings. The molecule has 0 aliphatic carbocycles. The molecule has 1 aromatic heterocycles. The minimum absolute atomic E-state index is 0.0373. The Bertz CT molecular complexity index is 1240. The summed E-state index contributed by atoms with van der Waals surface area (Å²) in [6.07, 6.45) is 1.54. The summed E-state index contributed by atoms with van der Waals surface area (Å²) in [5, 5.41) is 3.17. The summed E-state index contributed by atoms with van der Waals surface area (Å²) in [5.74, 6) is -0.0686. The van der Waals surface area contributed by atoms with Crippen LogP contribution in [0.4, 0.5) is 17.3 Å². The maximum atomic E-state index is 12.6. The van der Waals surface area contributed by atoms with Crippen LogP contribution in [0.15, 0.2) is 77.3 Å². The van der Waals surface area contributed by atoms with Gasteiger partial charge in [-0.2, -0.15) is 0 Å². The van der Waals surface area contributed by atoms with Crippen molar-refractivity contribution < 1.29 is 13.2 Å². The second-order valence-electron chi connectivity index (χ2n) is 7.16. The maximum Gasteiger partial charge on any atom is 0.264 e. The molecule has 2 N–H and O–H groups in total. The van der Waals surface area contributed by atoms with Crippen molar-refractivity contribution in [1.29, 1.82) is 0 Å². The van der Waals surface area contributed by atoms with Gasteiger partial charge in [-0.3, -0.25) is 4.79 Å². The topological polar surface area (TPSA) is 104 Å². The number of anilines is 3. The lowest BCUT2D eigenvalue weighted by molar-refractivity contribution is -0.113. The van der Waals surface area contributed by atoms with Crippen LogP contribution >= 0.6 is 0 Å². The van der Waals surface area contributed by atoms with E-state index in [0.717, 1.165) is 11.4 Å². The van der Waals surface area contributed by atoms with Gasteiger partial charge in [-0.15, -0.1) is 0 Å². The predicted octanol–water partition coefficient (Wildman–Crippen LogP) is 3.24. The quantitative estimate of drug-likeness (QED) is 0.616. The third-order valence-corrected chi connectivity index (χ3v) is 5.98. The highest BCUT2D eigenvalue weighted by atomic mass is 32.2. The number of aryl methyl sites for hydroxylation is 2. The Morgan fingerprint density at radius 2 is 1.58 bits per heavy atom. The summed E-state index contributed by atoms with van der Waals surface area (Å²) in [5.41, 5.74) is 3.57. The molecule has 1 aliphatic heterocycles. The highest BCUT2D eigenvalue weighted by molar-refractivity contribution is 7.92. The standard InChI is InChI=1S/C22H21N5O3S/c1-15-12-16(2)24-22(23-15)26-31(29,30)20-10-8-17(9-11-20)25-18-13-21(28)27(14-18)19-6-4-3-5-7-19/h3-13,25H,14H2,1-2H3,(H,23,24,26). The Labute approximate surface area is 180 Å². The molecule has 0 saturated carbocycles. The maximum absolute atomic E-state index is 12.6. The van der Waals surface area contributed by atoms with Crippen LogP contribution in [-0.2, 0) is 14.8 Å². The number of amides is 1. The molecule has 0 unspecified atom stereocenters. The van der Waals surface area contributed by atoms with Crippen molar-refractivity contribution in [2.75, 3.05) is 21.5 Å². The number of sulfonamides is 1. The zero-order valence-corrected chi connectivity index (χ0v) is 17.8. The highest BCUT2D eigenvalue weighted by Crippen LogP contribution is 2.23. The number of hydrogen-bond donors (Lipinski definition) is 2. The Morgan fingerprint density at radius 1 is 0.935 bits per heavy atom. The molecule has 0 atom stereocenters. The van der Waals surface area contributed by atoms with Gasteiger partial charge in [0.15, 0.2) is 0 Å². The van der Waals surface area contributed by atoms with Gasteiger partial charge in [0.1, 0.15) is 0 Å². The largest absolute Gasteiger partial charge is 0.357 e. The third kappa shape index (κ3) is 4.72. The van der Waals surface area contributed by atoms with Crippen LogP contribution in [0.1, 0.15) is 11.4 Å². The number of hydrogen-bond acceptors (Lipinski definition) is 6. The van der Waals surface area contributed by atoms with Crippen LogP contribution in [0.5, 0.6) is 0 Å². The van der Waals surface area contributed by atoms with Crippen LogP contribution in [0, 0.1) is 13.8 Å². The molecular weight excluding hydrogens is 414 g/mol. The van der Waals surface area contributed by atoms with Gasteiger partial charge in [-0.05, 0) is 56.3 Å². The number of aromatic nitrogens is 2. The number of nitrogens with zero attached hydrogens (tertiary/aromatic N) is 3. The van der Waals surface area contributed by atoms with Crippen molar-refractivity contribution in [3.63, 3.8) is 0 Å². The van der Waals surface area contributed by atoms with Gasteiger partial charge in [0.25, 0.3) is 15.9 Å². The fourth-order valence-corrected chi connectivity index (χ4v) is 4.22. The number of benzene rings is 2. The number of nitrogens with one attached hydrogen (secondary N) is 2. The number of para-hydroxylation sites is 1. The number of carbonyl (C=O) groups excluding carboxylic acids is 1. The molecule has 4 rings (SSSR count). The first-order valence-electron chi connectivity index (χ1n) is 9.59. The third-order valence-electron chi connectivity index (χ3n) is 4.64. The Balaban J connectivity index is 1.45. The predicted molar refractivity (Wildman–Crippen MR) is 119 cm³/mol. The van der Waals surface area contributed by atoms with Crippen molar-refractivity contribution in [1.82, 2.24) is 9.97 Å². The van der Waals surface area contributed by atoms with E-state index in [1.54, 1.807) is 36.9 Å². The smallest absolute Gasteiger partial charge is 0.264 e. The van der Waals surface area contributed by atoms with E-state index in [1.165, 1.54) is 18.2 Å². The van der Waals surface area contributed by atoms with E-state index in [2.05, 4.69) is 20.0 Å². The molecule has 8 nitrogen and oxygen atoms in total. The van der Waals surface area contributed by atoms with Gasteiger partial charge >= 0.3 is 0 Å².